The van der Waals surface area contributed by atoms with Crippen molar-refractivity contribution in [3.8, 4) is 5.75 Å². The summed E-state index contributed by atoms with van der Waals surface area (Å²) in [6, 6.07) is 24.2. The Bertz CT molecular complexity index is 1800. The molecule has 0 aliphatic heterocycles. The summed E-state index contributed by atoms with van der Waals surface area (Å²) < 4.78 is 61.5. The van der Waals surface area contributed by atoms with Gasteiger partial charge in [0.25, 0.3) is 10.0 Å². The van der Waals surface area contributed by atoms with Crippen molar-refractivity contribution in [2.45, 2.75) is 37.1 Å². The Hall–Kier alpha value is -4.57. The highest BCUT2D eigenvalue weighted by molar-refractivity contribution is 7.90. The van der Waals surface area contributed by atoms with Crippen LogP contribution < -0.4 is 9.46 Å². The summed E-state index contributed by atoms with van der Waals surface area (Å²) in [6.45, 7) is 0.977. The second kappa shape index (κ2) is 12.9. The molecule has 1 N–H and O–H groups in total. The smallest absolute Gasteiger partial charge is 0.264 e. The molecule has 0 spiro atoms. The number of aryl methyl sites for hydroxylation is 2. The van der Waals surface area contributed by atoms with Crippen LogP contribution in [0.25, 0.3) is 10.8 Å². The van der Waals surface area contributed by atoms with Crippen LogP contribution in [0.5, 0.6) is 5.75 Å². The maximum absolute atomic E-state index is 13.5. The van der Waals surface area contributed by atoms with Crippen LogP contribution >= 0.6 is 0 Å². The molecule has 0 fully saturated rings. The van der Waals surface area contributed by atoms with Crippen molar-refractivity contribution in [1.29, 1.82) is 0 Å². The molecule has 0 aliphatic rings. The van der Waals surface area contributed by atoms with Gasteiger partial charge in [-0.1, -0.05) is 54.6 Å². The zero-order valence-electron chi connectivity index (χ0n) is 22.7. The van der Waals surface area contributed by atoms with Crippen LogP contribution in [-0.4, -0.2) is 30.7 Å². The Morgan fingerprint density at radius 2 is 1.71 bits per heavy atom. The van der Waals surface area contributed by atoms with Crippen molar-refractivity contribution in [1.82, 2.24) is 14.5 Å². The van der Waals surface area contributed by atoms with Crippen molar-refractivity contribution < 1.29 is 26.7 Å². The molecule has 42 heavy (non-hydrogen) atoms. The monoisotopic (exact) mass is 589 g/mol. The predicted octanol–water partition coefficient (Wildman–Crippen LogP) is 5.81. The van der Waals surface area contributed by atoms with Gasteiger partial charge in [0.15, 0.2) is 11.6 Å². The number of fused-ring (bicyclic) bond motifs is 1. The lowest BCUT2D eigenvalue weighted by Crippen LogP contribution is -2.30. The van der Waals surface area contributed by atoms with Gasteiger partial charge >= 0.3 is 0 Å². The van der Waals surface area contributed by atoms with E-state index in [1.54, 1.807) is 10.9 Å². The van der Waals surface area contributed by atoms with Crippen molar-refractivity contribution in [3.63, 3.8) is 0 Å². The molecule has 1 heterocycles. The number of sulfonamides is 1. The molecular weight excluding hydrogens is 560 g/mol. The summed E-state index contributed by atoms with van der Waals surface area (Å²) in [5, 5.41) is 6.70. The minimum atomic E-state index is -4.34. The van der Waals surface area contributed by atoms with Gasteiger partial charge in [-0.05, 0) is 71.5 Å². The number of hydrogen-bond acceptors (Lipinski definition) is 5. The molecule has 1 aromatic heterocycles. The average molecular weight is 590 g/mol. The average Bonchev–Trinajstić information content (AvgIpc) is 3.49. The van der Waals surface area contributed by atoms with Gasteiger partial charge in [0, 0.05) is 24.4 Å². The summed E-state index contributed by atoms with van der Waals surface area (Å²) in [4.78, 5) is 11.9. The first-order valence-electron chi connectivity index (χ1n) is 13.5. The molecule has 0 saturated heterocycles. The van der Waals surface area contributed by atoms with Gasteiger partial charge in [0.2, 0.25) is 5.91 Å². The van der Waals surface area contributed by atoms with Crippen LogP contribution in [-0.2, 0) is 34.2 Å². The van der Waals surface area contributed by atoms with E-state index in [1.807, 2.05) is 47.3 Å². The third kappa shape index (κ3) is 7.19. The largest absolute Gasteiger partial charge is 0.493 e. The molecular formula is C32H29F2N3O4S. The molecule has 0 bridgehead atoms. The Balaban J connectivity index is 1.23. The summed E-state index contributed by atoms with van der Waals surface area (Å²) in [6.07, 6.45) is 5.31. The highest BCUT2D eigenvalue weighted by Crippen LogP contribution is 2.24. The Labute approximate surface area is 242 Å². The Kier molecular flexibility index (Phi) is 8.92. The lowest BCUT2D eigenvalue weighted by atomic mass is 10.0. The Morgan fingerprint density at radius 1 is 0.881 bits per heavy atom. The molecule has 10 heteroatoms. The zero-order valence-corrected chi connectivity index (χ0v) is 23.5. The van der Waals surface area contributed by atoms with E-state index in [1.165, 1.54) is 16.3 Å². The van der Waals surface area contributed by atoms with E-state index >= 15 is 0 Å². The number of hydrogen-bond donors (Lipinski definition) is 1. The lowest BCUT2D eigenvalue weighted by molar-refractivity contribution is -0.119. The molecule has 7 nitrogen and oxygen atoms in total. The minimum absolute atomic E-state index is 0.137. The summed E-state index contributed by atoms with van der Waals surface area (Å²) in [5.41, 5.74) is 2.95. The number of halogens is 2. The Morgan fingerprint density at radius 3 is 2.52 bits per heavy atom. The fourth-order valence-electron chi connectivity index (χ4n) is 4.70. The van der Waals surface area contributed by atoms with Crippen LogP contribution in [0.4, 0.5) is 8.78 Å². The number of carbonyl (C=O) groups is 1. The van der Waals surface area contributed by atoms with Gasteiger partial charge in [0.05, 0.1) is 18.0 Å². The molecule has 1 amide bonds. The first-order chi connectivity index (χ1) is 20.3. The molecule has 216 valence electrons. The summed E-state index contributed by atoms with van der Waals surface area (Å²) >= 11 is 0. The quantitative estimate of drug-likeness (QED) is 0.186. The van der Waals surface area contributed by atoms with Gasteiger partial charge in [-0.2, -0.15) is 5.10 Å². The standard InChI is InChI=1S/C32H29F2N3O4S/c33-29-15-14-27(21-30(29)34)42(39,40)36-32(38)16-12-23-11-13-26(22-37-18-5-17-35-37)31(20-23)41-19-4-9-25-8-3-7-24-6-1-2-10-28(24)25/h1-3,5-8,10-11,13-15,17-18,20-21H,4,9,12,16,19,22H2,(H,36,38). The maximum atomic E-state index is 13.5. The van der Waals surface area contributed by atoms with Crippen molar-refractivity contribution in [3.05, 3.63) is 126 Å². The van der Waals surface area contributed by atoms with Crippen molar-refractivity contribution >= 4 is 26.7 Å². The first kappa shape index (κ1) is 28.9. The topological polar surface area (TPSA) is 90.3 Å². The van der Waals surface area contributed by atoms with E-state index in [0.717, 1.165) is 30.0 Å². The van der Waals surface area contributed by atoms with Gasteiger partial charge < -0.3 is 4.74 Å². The van der Waals surface area contributed by atoms with Gasteiger partial charge in [-0.15, -0.1) is 0 Å². The molecule has 0 radical (unpaired) electrons. The van der Waals surface area contributed by atoms with Crippen molar-refractivity contribution in [2.75, 3.05) is 6.61 Å². The molecule has 0 unspecified atom stereocenters. The van der Waals surface area contributed by atoms with Crippen LogP contribution in [0.15, 0.2) is 102 Å². The number of carbonyl (C=O) groups excluding carboxylic acids is 1. The number of rotatable bonds is 12. The molecule has 0 saturated carbocycles. The van der Waals surface area contributed by atoms with E-state index in [-0.39, 0.29) is 12.8 Å². The number of nitrogens with zero attached hydrogens (tertiary/aromatic N) is 2. The normalized spacial score (nSPS) is 11.5. The van der Waals surface area contributed by atoms with Gasteiger partial charge in [-0.3, -0.25) is 9.48 Å². The van der Waals surface area contributed by atoms with Crippen LogP contribution in [0.2, 0.25) is 0 Å². The van der Waals surface area contributed by atoms with E-state index in [9.17, 15) is 22.0 Å². The second-order valence-corrected chi connectivity index (χ2v) is 11.5. The minimum Gasteiger partial charge on any atom is -0.493 e. The fourth-order valence-corrected chi connectivity index (χ4v) is 5.73. The summed E-state index contributed by atoms with van der Waals surface area (Å²) in [5.74, 6) is -2.60. The van der Waals surface area contributed by atoms with Gasteiger partial charge in [-0.25, -0.2) is 21.9 Å². The van der Waals surface area contributed by atoms with Crippen molar-refractivity contribution in [2.24, 2.45) is 0 Å². The van der Waals surface area contributed by atoms with Crippen LogP contribution in [0, 0.1) is 11.6 Å². The van der Waals surface area contributed by atoms with Crippen LogP contribution in [0.3, 0.4) is 0 Å². The fraction of sp³-hybridized carbons (Fsp3) is 0.188. The molecule has 5 rings (SSSR count). The number of amides is 1. The van der Waals surface area contributed by atoms with Gasteiger partial charge in [0.1, 0.15) is 5.75 Å². The molecule has 0 aliphatic carbocycles. The lowest BCUT2D eigenvalue weighted by Gasteiger charge is -2.14. The number of aromatic nitrogens is 2. The van der Waals surface area contributed by atoms with E-state index < -0.39 is 32.5 Å². The number of ether oxygens (including phenoxy) is 1. The number of nitrogens with one attached hydrogen (secondary N) is 1. The van der Waals surface area contributed by atoms with E-state index in [2.05, 4.69) is 35.4 Å². The predicted molar refractivity (Wildman–Crippen MR) is 156 cm³/mol. The third-order valence-corrected chi connectivity index (χ3v) is 8.21. The zero-order chi connectivity index (χ0) is 29.5. The van der Waals surface area contributed by atoms with E-state index in [4.69, 9.17) is 4.74 Å². The number of benzene rings is 4. The molecule has 5 aromatic rings. The summed E-state index contributed by atoms with van der Waals surface area (Å²) in [7, 11) is -4.34. The maximum Gasteiger partial charge on any atom is 0.264 e. The van der Waals surface area contributed by atoms with E-state index in [0.29, 0.717) is 31.0 Å². The second-order valence-electron chi connectivity index (χ2n) is 9.84. The highest BCUT2D eigenvalue weighted by atomic mass is 32.2. The molecule has 0 atom stereocenters. The molecule has 4 aromatic carbocycles. The first-order valence-corrected chi connectivity index (χ1v) is 15.0. The SMILES string of the molecule is O=C(CCc1ccc(Cn2cccn2)c(OCCCc2cccc3ccccc23)c1)NS(=O)(=O)c1ccc(F)c(F)c1. The third-order valence-electron chi connectivity index (χ3n) is 6.84. The van der Waals surface area contributed by atoms with Crippen LogP contribution in [0.1, 0.15) is 29.5 Å². The highest BCUT2D eigenvalue weighted by Gasteiger charge is 2.19.